The average molecular weight is 390 g/mol. The van der Waals surface area contributed by atoms with Gasteiger partial charge in [-0.05, 0) is 42.3 Å². The number of amides is 1. The van der Waals surface area contributed by atoms with Crippen molar-refractivity contribution in [3.63, 3.8) is 0 Å². The van der Waals surface area contributed by atoms with Crippen molar-refractivity contribution in [2.24, 2.45) is 0 Å². The van der Waals surface area contributed by atoms with Gasteiger partial charge in [-0.25, -0.2) is 4.98 Å². The van der Waals surface area contributed by atoms with Gasteiger partial charge in [0, 0.05) is 17.6 Å². The Hall–Kier alpha value is -2.24. The van der Waals surface area contributed by atoms with Crippen LogP contribution in [0, 0.1) is 0 Å². The summed E-state index contributed by atoms with van der Waals surface area (Å²) in [4.78, 5) is 17.3. The highest BCUT2D eigenvalue weighted by molar-refractivity contribution is 6.30. The fourth-order valence-electron chi connectivity index (χ4n) is 3.25. The number of pyridine rings is 1. The van der Waals surface area contributed by atoms with Crippen LogP contribution < -0.4 is 10.1 Å². The van der Waals surface area contributed by atoms with Crippen molar-refractivity contribution in [1.29, 1.82) is 0 Å². The van der Waals surface area contributed by atoms with Crippen LogP contribution >= 0.6 is 23.2 Å². The average Bonchev–Trinajstić information content (AvgIpc) is 3.19. The van der Waals surface area contributed by atoms with Gasteiger partial charge in [-0.2, -0.15) is 0 Å². The number of fused-ring (bicyclic) bond motifs is 2. The number of nitrogens with zero attached hydrogens (tertiary/aromatic N) is 2. The summed E-state index contributed by atoms with van der Waals surface area (Å²) in [6, 6.07) is 9.14. The van der Waals surface area contributed by atoms with E-state index in [4.69, 9.17) is 27.9 Å². The van der Waals surface area contributed by atoms with Gasteiger partial charge in [0.05, 0.1) is 17.3 Å². The number of imidazole rings is 1. The van der Waals surface area contributed by atoms with E-state index >= 15 is 0 Å². The molecule has 1 unspecified atom stereocenters. The van der Waals surface area contributed by atoms with Gasteiger partial charge in [-0.1, -0.05) is 30.1 Å². The molecule has 26 heavy (non-hydrogen) atoms. The Labute approximate surface area is 160 Å². The zero-order chi connectivity index (χ0) is 18.3. The van der Waals surface area contributed by atoms with Gasteiger partial charge in [0.2, 0.25) is 0 Å². The quantitative estimate of drug-likeness (QED) is 0.734. The van der Waals surface area contributed by atoms with Gasteiger partial charge in [-0.3, -0.25) is 9.20 Å². The van der Waals surface area contributed by atoms with Gasteiger partial charge in [0.1, 0.15) is 23.2 Å². The van der Waals surface area contributed by atoms with Crippen LogP contribution in [0.4, 0.5) is 0 Å². The maximum Gasteiger partial charge on any atom is 0.270 e. The Balaban J connectivity index is 1.51. The first-order valence-electron chi connectivity index (χ1n) is 8.45. The van der Waals surface area contributed by atoms with Crippen molar-refractivity contribution in [2.45, 2.75) is 25.9 Å². The minimum absolute atomic E-state index is 0.111. The van der Waals surface area contributed by atoms with E-state index in [-0.39, 0.29) is 12.0 Å². The van der Waals surface area contributed by atoms with E-state index in [2.05, 4.69) is 10.3 Å². The van der Waals surface area contributed by atoms with Crippen molar-refractivity contribution in [1.82, 2.24) is 14.7 Å². The highest BCUT2D eigenvalue weighted by Crippen LogP contribution is 2.30. The molecule has 0 aliphatic carbocycles. The van der Waals surface area contributed by atoms with Crippen molar-refractivity contribution in [3.05, 3.63) is 63.5 Å². The number of rotatable bonds is 4. The second-order valence-corrected chi connectivity index (χ2v) is 7.12. The minimum atomic E-state index is -0.186. The second-order valence-electron chi connectivity index (χ2n) is 6.24. The Kier molecular flexibility index (Phi) is 4.51. The Bertz CT molecular complexity index is 1000. The molecular formula is C19H17Cl2N3O2. The van der Waals surface area contributed by atoms with E-state index in [1.54, 1.807) is 28.8 Å². The first-order valence-corrected chi connectivity index (χ1v) is 9.20. The molecule has 1 aromatic carbocycles. The number of ether oxygens (including phenoxy) is 1. The number of hydrogen-bond acceptors (Lipinski definition) is 3. The van der Waals surface area contributed by atoms with E-state index < -0.39 is 0 Å². The van der Waals surface area contributed by atoms with Crippen LogP contribution in [0.5, 0.6) is 5.75 Å². The number of carbonyl (C=O) groups is 1. The molecule has 1 N–H and O–H groups in total. The predicted molar refractivity (Wildman–Crippen MR) is 101 cm³/mol. The zero-order valence-corrected chi connectivity index (χ0v) is 15.6. The molecule has 1 aliphatic rings. The normalized spacial score (nSPS) is 15.7. The fraction of sp³-hybridized carbons (Fsp3) is 0.263. The van der Waals surface area contributed by atoms with Gasteiger partial charge in [0.25, 0.3) is 5.91 Å². The first kappa shape index (κ1) is 17.2. The zero-order valence-electron chi connectivity index (χ0n) is 14.1. The van der Waals surface area contributed by atoms with Crippen molar-refractivity contribution in [3.8, 4) is 5.75 Å². The molecular weight excluding hydrogens is 373 g/mol. The van der Waals surface area contributed by atoms with Gasteiger partial charge in [-0.15, -0.1) is 0 Å². The molecule has 0 fully saturated rings. The van der Waals surface area contributed by atoms with E-state index in [1.807, 2.05) is 19.1 Å². The monoisotopic (exact) mass is 389 g/mol. The third kappa shape index (κ3) is 3.13. The fourth-order valence-corrected chi connectivity index (χ4v) is 3.60. The number of nitrogens with one attached hydrogen (secondary N) is 1. The second kappa shape index (κ2) is 6.82. The summed E-state index contributed by atoms with van der Waals surface area (Å²) in [6.07, 6.45) is 2.98. The number of aryl methyl sites for hydroxylation is 1. The lowest BCUT2D eigenvalue weighted by molar-refractivity contribution is 0.0926. The summed E-state index contributed by atoms with van der Waals surface area (Å²) in [5.41, 5.74) is 3.03. The third-order valence-corrected chi connectivity index (χ3v) is 4.92. The lowest BCUT2D eigenvalue weighted by Crippen LogP contribution is -2.35. The molecule has 0 saturated carbocycles. The smallest absolute Gasteiger partial charge is 0.270 e. The summed E-state index contributed by atoms with van der Waals surface area (Å²) in [7, 11) is 0. The van der Waals surface area contributed by atoms with Crippen molar-refractivity contribution < 1.29 is 9.53 Å². The largest absolute Gasteiger partial charge is 0.488 e. The SMILES string of the molecule is CCc1nc2ccc(Cl)cn2c1C(=O)NCC1Cc2cc(Cl)ccc2O1. The van der Waals surface area contributed by atoms with E-state index in [0.29, 0.717) is 34.4 Å². The molecule has 3 aromatic rings. The topological polar surface area (TPSA) is 55.6 Å². The molecule has 4 rings (SSSR count). The van der Waals surface area contributed by atoms with Crippen LogP contribution in [0.25, 0.3) is 5.65 Å². The summed E-state index contributed by atoms with van der Waals surface area (Å²) >= 11 is 12.1. The first-order chi connectivity index (χ1) is 12.5. The molecule has 1 atom stereocenters. The van der Waals surface area contributed by atoms with Gasteiger partial charge < -0.3 is 10.1 Å². The van der Waals surface area contributed by atoms with Gasteiger partial charge >= 0.3 is 0 Å². The molecule has 1 aliphatic heterocycles. The van der Waals surface area contributed by atoms with E-state index in [0.717, 1.165) is 23.4 Å². The van der Waals surface area contributed by atoms with Crippen molar-refractivity contribution in [2.75, 3.05) is 6.54 Å². The molecule has 0 saturated heterocycles. The van der Waals surface area contributed by atoms with Crippen LogP contribution in [-0.4, -0.2) is 27.9 Å². The Morgan fingerprint density at radius 3 is 2.92 bits per heavy atom. The summed E-state index contributed by atoms with van der Waals surface area (Å²) in [5, 5.41) is 4.20. The molecule has 0 radical (unpaired) electrons. The van der Waals surface area contributed by atoms with E-state index in [9.17, 15) is 4.79 Å². The molecule has 2 aromatic heterocycles. The highest BCUT2D eigenvalue weighted by Gasteiger charge is 2.25. The molecule has 0 bridgehead atoms. The van der Waals surface area contributed by atoms with Crippen LogP contribution in [0.3, 0.4) is 0 Å². The van der Waals surface area contributed by atoms with Crippen LogP contribution in [-0.2, 0) is 12.8 Å². The van der Waals surface area contributed by atoms with Crippen LogP contribution in [0.2, 0.25) is 10.0 Å². The Morgan fingerprint density at radius 2 is 2.12 bits per heavy atom. The maximum atomic E-state index is 12.8. The minimum Gasteiger partial charge on any atom is -0.488 e. The molecule has 134 valence electrons. The number of benzene rings is 1. The Morgan fingerprint density at radius 1 is 1.31 bits per heavy atom. The highest BCUT2D eigenvalue weighted by atomic mass is 35.5. The lowest BCUT2D eigenvalue weighted by atomic mass is 10.1. The standard InChI is InChI=1S/C19H17Cl2N3O2/c1-2-15-18(24-10-13(21)4-6-17(24)23-15)19(25)22-9-14-8-11-7-12(20)3-5-16(11)26-14/h3-7,10,14H,2,8-9H2,1H3,(H,22,25). The number of hydrogen-bond donors (Lipinski definition) is 1. The molecule has 3 heterocycles. The number of carbonyl (C=O) groups excluding carboxylic acids is 1. The van der Waals surface area contributed by atoms with Crippen molar-refractivity contribution >= 4 is 34.8 Å². The summed E-state index contributed by atoms with van der Waals surface area (Å²) < 4.78 is 7.61. The summed E-state index contributed by atoms with van der Waals surface area (Å²) in [5.74, 6) is 0.638. The molecule has 5 nitrogen and oxygen atoms in total. The van der Waals surface area contributed by atoms with Crippen LogP contribution in [0.15, 0.2) is 36.5 Å². The molecule has 7 heteroatoms. The van der Waals surface area contributed by atoms with Gasteiger partial charge in [0.15, 0.2) is 0 Å². The summed E-state index contributed by atoms with van der Waals surface area (Å²) in [6.45, 7) is 2.38. The number of aromatic nitrogens is 2. The van der Waals surface area contributed by atoms with E-state index in [1.165, 1.54) is 0 Å². The van der Waals surface area contributed by atoms with Crippen LogP contribution in [0.1, 0.15) is 28.7 Å². The lowest BCUT2D eigenvalue weighted by Gasteiger charge is -2.12. The maximum absolute atomic E-state index is 12.8. The molecule has 0 spiro atoms. The molecule has 1 amide bonds. The predicted octanol–water partition coefficient (Wildman–Crippen LogP) is 3.94. The third-order valence-electron chi connectivity index (χ3n) is 4.46. The number of halogens is 2.